The molecular formula is C16H25N5. The molecule has 0 spiro atoms. The fraction of sp³-hybridized carbons (Fsp3) is 0.562. The number of hydrogen-bond acceptors (Lipinski definition) is 4. The van der Waals surface area contributed by atoms with Crippen LogP contribution in [0, 0.1) is 6.92 Å². The highest BCUT2D eigenvalue weighted by atomic mass is 15.3. The van der Waals surface area contributed by atoms with E-state index in [1.807, 2.05) is 17.1 Å². The predicted molar refractivity (Wildman–Crippen MR) is 86.5 cm³/mol. The van der Waals surface area contributed by atoms with Crippen molar-refractivity contribution in [1.82, 2.24) is 19.7 Å². The molecule has 5 heteroatoms. The average molecular weight is 287 g/mol. The van der Waals surface area contributed by atoms with Crippen LogP contribution in [0.25, 0.3) is 11.3 Å². The van der Waals surface area contributed by atoms with Crippen molar-refractivity contribution in [3.8, 4) is 11.3 Å². The molecule has 0 amide bonds. The van der Waals surface area contributed by atoms with E-state index in [2.05, 4.69) is 52.0 Å². The zero-order valence-corrected chi connectivity index (χ0v) is 13.9. The third-order valence-electron chi connectivity index (χ3n) is 3.39. The lowest BCUT2D eigenvalue weighted by atomic mass is 9.95. The fourth-order valence-electron chi connectivity index (χ4n) is 2.13. The van der Waals surface area contributed by atoms with Gasteiger partial charge in [0.1, 0.15) is 11.6 Å². The van der Waals surface area contributed by atoms with Gasteiger partial charge in [-0.15, -0.1) is 0 Å². The zero-order chi connectivity index (χ0) is 15.6. The van der Waals surface area contributed by atoms with Crippen LogP contribution in [-0.4, -0.2) is 26.3 Å². The number of nitrogens with one attached hydrogen (secondary N) is 1. The Morgan fingerprint density at radius 3 is 2.43 bits per heavy atom. The minimum absolute atomic E-state index is 0.0899. The summed E-state index contributed by atoms with van der Waals surface area (Å²) in [7, 11) is 0. The van der Waals surface area contributed by atoms with Crippen LogP contribution in [0.4, 0.5) is 5.82 Å². The van der Waals surface area contributed by atoms with Crippen LogP contribution in [0.5, 0.6) is 0 Å². The van der Waals surface area contributed by atoms with Crippen LogP contribution in [0.1, 0.15) is 46.0 Å². The number of rotatable bonds is 4. The van der Waals surface area contributed by atoms with Gasteiger partial charge in [-0.1, -0.05) is 20.8 Å². The molecule has 21 heavy (non-hydrogen) atoms. The molecule has 0 fully saturated rings. The maximum absolute atomic E-state index is 4.80. The van der Waals surface area contributed by atoms with Crippen molar-refractivity contribution in [1.29, 1.82) is 0 Å². The summed E-state index contributed by atoms with van der Waals surface area (Å²) in [6.07, 6.45) is 3.92. The Hall–Kier alpha value is -1.91. The van der Waals surface area contributed by atoms with E-state index >= 15 is 0 Å². The molecule has 2 aromatic heterocycles. The molecule has 0 atom stereocenters. The largest absolute Gasteiger partial charge is 0.370 e. The molecule has 2 aromatic rings. The Bertz CT molecular complexity index is 622. The van der Waals surface area contributed by atoms with E-state index in [-0.39, 0.29) is 5.41 Å². The summed E-state index contributed by atoms with van der Waals surface area (Å²) in [5, 5.41) is 7.70. The summed E-state index contributed by atoms with van der Waals surface area (Å²) in [6.45, 7) is 14.3. The van der Waals surface area contributed by atoms with Gasteiger partial charge >= 0.3 is 0 Å². The number of aryl methyl sites for hydroxylation is 1. The molecule has 0 bridgehead atoms. The van der Waals surface area contributed by atoms with Crippen molar-refractivity contribution in [3.63, 3.8) is 0 Å². The number of nitrogens with zero attached hydrogens (tertiary/aromatic N) is 4. The molecule has 2 rings (SSSR count). The van der Waals surface area contributed by atoms with Gasteiger partial charge in [0.15, 0.2) is 0 Å². The summed E-state index contributed by atoms with van der Waals surface area (Å²) in [5.41, 5.74) is 2.99. The van der Waals surface area contributed by atoms with Crippen molar-refractivity contribution in [3.05, 3.63) is 23.8 Å². The maximum atomic E-state index is 4.80. The molecule has 0 saturated heterocycles. The average Bonchev–Trinajstić information content (AvgIpc) is 2.88. The molecule has 0 aliphatic heterocycles. The Morgan fingerprint density at radius 1 is 1.19 bits per heavy atom. The first kappa shape index (κ1) is 15.5. The first-order valence-corrected chi connectivity index (χ1v) is 7.52. The highest BCUT2D eigenvalue weighted by Gasteiger charge is 2.22. The minimum Gasteiger partial charge on any atom is -0.370 e. The van der Waals surface area contributed by atoms with Gasteiger partial charge in [-0.05, 0) is 20.8 Å². The lowest BCUT2D eigenvalue weighted by Crippen LogP contribution is -2.18. The Morgan fingerprint density at radius 2 is 1.90 bits per heavy atom. The first-order valence-electron chi connectivity index (χ1n) is 7.52. The van der Waals surface area contributed by atoms with Crippen LogP contribution in [0.3, 0.4) is 0 Å². The predicted octanol–water partition coefficient (Wildman–Crippen LogP) is 3.40. The molecule has 0 unspecified atom stereocenters. The summed E-state index contributed by atoms with van der Waals surface area (Å²) in [4.78, 5) is 9.50. The van der Waals surface area contributed by atoms with Crippen molar-refractivity contribution >= 4 is 5.82 Å². The highest BCUT2D eigenvalue weighted by molar-refractivity contribution is 5.67. The van der Waals surface area contributed by atoms with Crippen molar-refractivity contribution in [2.24, 2.45) is 0 Å². The molecule has 0 aliphatic carbocycles. The SMILES string of the molecule is CCNc1nc(C(C)(C)C)nc(-c2cnn(CC)c2)c1C. The van der Waals surface area contributed by atoms with Crippen LogP contribution < -0.4 is 5.32 Å². The molecular weight excluding hydrogens is 262 g/mol. The lowest BCUT2D eigenvalue weighted by molar-refractivity contribution is 0.546. The second-order valence-electron chi connectivity index (χ2n) is 6.23. The second kappa shape index (κ2) is 5.84. The van der Waals surface area contributed by atoms with Crippen LogP contribution >= 0.6 is 0 Å². The molecule has 5 nitrogen and oxygen atoms in total. The summed E-state index contributed by atoms with van der Waals surface area (Å²) in [5.74, 6) is 1.76. The standard InChI is InChI=1S/C16H25N5/c1-7-17-14-11(3)13(12-9-18-21(8-2)10-12)19-15(20-14)16(4,5)6/h9-10H,7-8H2,1-6H3,(H,17,19,20). The van der Waals surface area contributed by atoms with Gasteiger partial charge in [0, 0.05) is 35.8 Å². The topological polar surface area (TPSA) is 55.6 Å². The summed E-state index contributed by atoms with van der Waals surface area (Å²) >= 11 is 0. The molecule has 1 N–H and O–H groups in total. The lowest BCUT2D eigenvalue weighted by Gasteiger charge is -2.20. The number of hydrogen-bond donors (Lipinski definition) is 1. The third kappa shape index (κ3) is 3.23. The monoisotopic (exact) mass is 287 g/mol. The maximum Gasteiger partial charge on any atom is 0.136 e. The Balaban J connectivity index is 2.60. The van der Waals surface area contributed by atoms with Crippen molar-refractivity contribution in [2.75, 3.05) is 11.9 Å². The van der Waals surface area contributed by atoms with E-state index in [0.717, 1.165) is 41.6 Å². The third-order valence-corrected chi connectivity index (χ3v) is 3.39. The van der Waals surface area contributed by atoms with Gasteiger partial charge in [-0.3, -0.25) is 4.68 Å². The van der Waals surface area contributed by atoms with Crippen molar-refractivity contribution < 1.29 is 0 Å². The van der Waals surface area contributed by atoms with Crippen LogP contribution in [-0.2, 0) is 12.0 Å². The number of aromatic nitrogens is 4. The molecule has 0 aliphatic rings. The minimum atomic E-state index is -0.0899. The molecule has 2 heterocycles. The highest BCUT2D eigenvalue weighted by Crippen LogP contribution is 2.29. The van der Waals surface area contributed by atoms with Gasteiger partial charge in [0.25, 0.3) is 0 Å². The van der Waals surface area contributed by atoms with E-state index < -0.39 is 0 Å². The van der Waals surface area contributed by atoms with Crippen LogP contribution in [0.2, 0.25) is 0 Å². The van der Waals surface area contributed by atoms with E-state index in [1.54, 1.807) is 0 Å². The molecule has 0 aromatic carbocycles. The first-order chi connectivity index (χ1) is 9.86. The van der Waals surface area contributed by atoms with Gasteiger partial charge in [-0.2, -0.15) is 5.10 Å². The van der Waals surface area contributed by atoms with E-state index in [1.165, 1.54) is 0 Å². The van der Waals surface area contributed by atoms with Gasteiger partial charge < -0.3 is 5.32 Å². The molecule has 114 valence electrons. The van der Waals surface area contributed by atoms with Crippen molar-refractivity contribution in [2.45, 2.75) is 53.5 Å². The van der Waals surface area contributed by atoms with E-state index in [4.69, 9.17) is 9.97 Å². The van der Waals surface area contributed by atoms with E-state index in [0.29, 0.717) is 0 Å². The van der Waals surface area contributed by atoms with Crippen LogP contribution in [0.15, 0.2) is 12.4 Å². The number of anilines is 1. The molecule has 0 radical (unpaired) electrons. The van der Waals surface area contributed by atoms with Gasteiger partial charge in [-0.25, -0.2) is 9.97 Å². The summed E-state index contributed by atoms with van der Waals surface area (Å²) < 4.78 is 1.92. The van der Waals surface area contributed by atoms with Gasteiger partial charge in [0.05, 0.1) is 11.9 Å². The zero-order valence-electron chi connectivity index (χ0n) is 13.9. The quantitative estimate of drug-likeness (QED) is 0.936. The normalized spacial score (nSPS) is 11.7. The Labute approximate surface area is 126 Å². The second-order valence-corrected chi connectivity index (χ2v) is 6.23. The van der Waals surface area contributed by atoms with E-state index in [9.17, 15) is 0 Å². The smallest absolute Gasteiger partial charge is 0.136 e. The molecule has 0 saturated carbocycles. The summed E-state index contributed by atoms with van der Waals surface area (Å²) in [6, 6.07) is 0. The Kier molecular flexibility index (Phi) is 4.30. The fourth-order valence-corrected chi connectivity index (χ4v) is 2.13. The van der Waals surface area contributed by atoms with Gasteiger partial charge in [0.2, 0.25) is 0 Å².